The molecular weight excluding hydrogens is 263 g/mol. The Morgan fingerprint density at radius 3 is 2.21 bits per heavy atom. The van der Waals surface area contributed by atoms with E-state index in [9.17, 15) is 22.8 Å². The van der Waals surface area contributed by atoms with E-state index in [1.807, 2.05) is 0 Å². The number of ether oxygens (including phenoxy) is 1. The van der Waals surface area contributed by atoms with Crippen molar-refractivity contribution in [2.24, 2.45) is 0 Å². The quantitative estimate of drug-likeness (QED) is 0.775. The molecule has 0 aromatic heterocycles. The van der Waals surface area contributed by atoms with Crippen LogP contribution in [-0.4, -0.2) is 30.1 Å². The maximum atomic E-state index is 12.0. The van der Waals surface area contributed by atoms with Crippen LogP contribution in [0, 0.1) is 0 Å². The second-order valence-corrected chi connectivity index (χ2v) is 4.16. The summed E-state index contributed by atoms with van der Waals surface area (Å²) in [4.78, 5) is 24.1. The Bertz CT molecular complexity index is 510. The lowest BCUT2D eigenvalue weighted by Gasteiger charge is -2.11. The van der Waals surface area contributed by atoms with Crippen LogP contribution in [0.25, 0.3) is 0 Å². The maximum Gasteiger partial charge on any atom is 0.573 e. The van der Waals surface area contributed by atoms with E-state index in [1.165, 1.54) is 19.2 Å². The van der Waals surface area contributed by atoms with Crippen LogP contribution in [0.3, 0.4) is 0 Å². The molecule has 0 unspecified atom stereocenters. The van der Waals surface area contributed by atoms with Gasteiger partial charge in [0.05, 0.1) is 5.92 Å². The number of nitrogens with zero attached hydrogens (tertiary/aromatic N) is 1. The number of hydrogen-bond donors (Lipinski definition) is 0. The number of amides is 2. The zero-order valence-corrected chi connectivity index (χ0v) is 9.90. The molecule has 7 heteroatoms. The lowest BCUT2D eigenvalue weighted by molar-refractivity contribution is -0.274. The average molecular weight is 273 g/mol. The van der Waals surface area contributed by atoms with Crippen molar-refractivity contribution in [2.75, 3.05) is 7.05 Å². The van der Waals surface area contributed by atoms with Gasteiger partial charge in [-0.25, -0.2) is 0 Å². The number of rotatable bonds is 2. The molecule has 1 aromatic rings. The largest absolute Gasteiger partial charge is 0.573 e. The second-order valence-electron chi connectivity index (χ2n) is 4.16. The molecule has 0 saturated carbocycles. The van der Waals surface area contributed by atoms with Crippen molar-refractivity contribution >= 4 is 11.8 Å². The third-order valence-electron chi connectivity index (χ3n) is 2.90. The summed E-state index contributed by atoms with van der Waals surface area (Å²) >= 11 is 0. The minimum absolute atomic E-state index is 0.0365. The summed E-state index contributed by atoms with van der Waals surface area (Å²) in [5, 5.41) is 0. The molecule has 2 rings (SSSR count). The molecule has 1 aliphatic rings. The van der Waals surface area contributed by atoms with Crippen LogP contribution in [0.1, 0.15) is 17.9 Å². The molecule has 0 spiro atoms. The number of alkyl halides is 3. The molecule has 2 amide bonds. The van der Waals surface area contributed by atoms with E-state index < -0.39 is 12.3 Å². The van der Waals surface area contributed by atoms with Gasteiger partial charge in [0.1, 0.15) is 5.75 Å². The van der Waals surface area contributed by atoms with Gasteiger partial charge in [0.25, 0.3) is 0 Å². The van der Waals surface area contributed by atoms with Crippen LogP contribution in [0.2, 0.25) is 0 Å². The highest BCUT2D eigenvalue weighted by molar-refractivity contribution is 6.05. The molecule has 1 fully saturated rings. The highest BCUT2D eigenvalue weighted by Crippen LogP contribution is 2.30. The van der Waals surface area contributed by atoms with Gasteiger partial charge in [0.2, 0.25) is 11.8 Å². The van der Waals surface area contributed by atoms with Crippen molar-refractivity contribution in [1.29, 1.82) is 0 Å². The van der Waals surface area contributed by atoms with Gasteiger partial charge in [-0.05, 0) is 17.7 Å². The number of likely N-dealkylation sites (tertiary alicyclic amines) is 1. The van der Waals surface area contributed by atoms with E-state index in [0.29, 0.717) is 5.56 Å². The molecule has 1 heterocycles. The predicted molar refractivity (Wildman–Crippen MR) is 58.3 cm³/mol. The molecule has 0 aliphatic carbocycles. The van der Waals surface area contributed by atoms with Gasteiger partial charge >= 0.3 is 6.36 Å². The maximum absolute atomic E-state index is 12.0. The zero-order chi connectivity index (χ0) is 14.2. The monoisotopic (exact) mass is 273 g/mol. The average Bonchev–Trinajstić information content (AvgIpc) is 2.56. The van der Waals surface area contributed by atoms with E-state index in [2.05, 4.69) is 4.74 Å². The smallest absolute Gasteiger partial charge is 0.406 e. The van der Waals surface area contributed by atoms with Gasteiger partial charge in [-0.2, -0.15) is 0 Å². The van der Waals surface area contributed by atoms with Crippen molar-refractivity contribution in [1.82, 2.24) is 4.90 Å². The number of carbonyl (C=O) groups excluding carboxylic acids is 2. The summed E-state index contributed by atoms with van der Waals surface area (Å²) in [6.45, 7) is 0. The van der Waals surface area contributed by atoms with Gasteiger partial charge in [-0.1, -0.05) is 12.1 Å². The van der Waals surface area contributed by atoms with E-state index >= 15 is 0 Å². The molecule has 0 bridgehead atoms. The van der Waals surface area contributed by atoms with Crippen LogP contribution in [0.5, 0.6) is 5.75 Å². The van der Waals surface area contributed by atoms with E-state index in [-0.39, 0.29) is 24.0 Å². The molecule has 1 saturated heterocycles. The Balaban J connectivity index is 2.15. The summed E-state index contributed by atoms with van der Waals surface area (Å²) in [5.74, 6) is -1.64. The van der Waals surface area contributed by atoms with Gasteiger partial charge in [-0.15, -0.1) is 13.2 Å². The highest BCUT2D eigenvalue weighted by atomic mass is 19.4. The molecule has 4 nitrogen and oxygen atoms in total. The van der Waals surface area contributed by atoms with Gasteiger partial charge in [-0.3, -0.25) is 14.5 Å². The van der Waals surface area contributed by atoms with Crippen molar-refractivity contribution in [3.8, 4) is 5.75 Å². The summed E-state index contributed by atoms with van der Waals surface area (Å²) in [5.41, 5.74) is 0.497. The third kappa shape index (κ3) is 2.86. The van der Waals surface area contributed by atoms with Crippen LogP contribution >= 0.6 is 0 Å². The first kappa shape index (κ1) is 13.4. The molecule has 1 aromatic carbocycles. The molecule has 19 heavy (non-hydrogen) atoms. The van der Waals surface area contributed by atoms with Gasteiger partial charge in [0, 0.05) is 13.5 Å². The summed E-state index contributed by atoms with van der Waals surface area (Å²) in [6.07, 6.45) is -4.71. The molecular formula is C12H10F3NO3. The first-order valence-corrected chi connectivity index (χ1v) is 5.44. The Kier molecular flexibility index (Phi) is 3.21. The van der Waals surface area contributed by atoms with Crippen molar-refractivity contribution in [3.63, 3.8) is 0 Å². The Labute approximate surface area is 106 Å². The number of likely N-dealkylation sites (N-methyl/N-ethyl adjacent to an activating group) is 1. The van der Waals surface area contributed by atoms with E-state index in [4.69, 9.17) is 0 Å². The van der Waals surface area contributed by atoms with Crippen molar-refractivity contribution in [2.45, 2.75) is 18.7 Å². The van der Waals surface area contributed by atoms with Crippen LogP contribution in [0.15, 0.2) is 24.3 Å². The zero-order valence-electron chi connectivity index (χ0n) is 9.90. The number of benzene rings is 1. The fourth-order valence-electron chi connectivity index (χ4n) is 1.92. The number of imide groups is 1. The first-order valence-electron chi connectivity index (χ1n) is 5.44. The number of carbonyl (C=O) groups is 2. The normalized spacial score (nSPS) is 20.0. The molecule has 1 atom stereocenters. The minimum atomic E-state index is -4.75. The second kappa shape index (κ2) is 4.56. The van der Waals surface area contributed by atoms with E-state index in [1.54, 1.807) is 0 Å². The van der Waals surface area contributed by atoms with Crippen LogP contribution < -0.4 is 4.74 Å². The van der Waals surface area contributed by atoms with E-state index in [0.717, 1.165) is 17.0 Å². The van der Waals surface area contributed by atoms with Crippen molar-refractivity contribution < 1.29 is 27.5 Å². The SMILES string of the molecule is CN1C(=O)C[C@H](c2ccc(OC(F)(F)F)cc2)C1=O. The minimum Gasteiger partial charge on any atom is -0.406 e. The fourth-order valence-corrected chi connectivity index (χ4v) is 1.92. The molecule has 0 radical (unpaired) electrons. The lowest BCUT2D eigenvalue weighted by Crippen LogP contribution is -2.25. The molecule has 0 N–H and O–H groups in total. The Hall–Kier alpha value is -2.05. The predicted octanol–water partition coefficient (Wildman–Crippen LogP) is 2.06. The molecule has 102 valence electrons. The standard InChI is InChI=1S/C12H10F3NO3/c1-16-10(17)6-9(11(16)18)7-2-4-8(5-3-7)19-12(13,14)15/h2-5,9H,6H2,1H3/t9-/m1/s1. The fraction of sp³-hybridized carbons (Fsp3) is 0.333. The lowest BCUT2D eigenvalue weighted by atomic mass is 9.97. The van der Waals surface area contributed by atoms with Crippen molar-refractivity contribution in [3.05, 3.63) is 29.8 Å². The van der Waals surface area contributed by atoms with Crippen LogP contribution in [0.4, 0.5) is 13.2 Å². The molecule has 1 aliphatic heterocycles. The third-order valence-corrected chi connectivity index (χ3v) is 2.90. The first-order chi connectivity index (χ1) is 8.78. The Morgan fingerprint density at radius 2 is 1.79 bits per heavy atom. The van der Waals surface area contributed by atoms with Gasteiger partial charge in [0.15, 0.2) is 0 Å². The number of halogens is 3. The number of hydrogen-bond acceptors (Lipinski definition) is 3. The highest BCUT2D eigenvalue weighted by Gasteiger charge is 2.37. The van der Waals surface area contributed by atoms with Crippen LogP contribution in [-0.2, 0) is 9.59 Å². The Morgan fingerprint density at radius 1 is 1.21 bits per heavy atom. The van der Waals surface area contributed by atoms with Gasteiger partial charge < -0.3 is 4.74 Å². The summed E-state index contributed by atoms with van der Waals surface area (Å²) in [7, 11) is 1.38. The summed E-state index contributed by atoms with van der Waals surface area (Å²) in [6, 6.07) is 4.96. The topological polar surface area (TPSA) is 46.6 Å². The summed E-state index contributed by atoms with van der Waals surface area (Å²) < 4.78 is 39.7.